The van der Waals surface area contributed by atoms with Crippen LogP contribution in [0.3, 0.4) is 0 Å². The van der Waals surface area contributed by atoms with Crippen LogP contribution < -0.4 is 10.1 Å². The van der Waals surface area contributed by atoms with Crippen LogP contribution in [0.5, 0.6) is 5.88 Å². The number of hydrogen-bond acceptors (Lipinski definition) is 4. The van der Waals surface area contributed by atoms with Gasteiger partial charge in [0.1, 0.15) is 18.0 Å². The van der Waals surface area contributed by atoms with E-state index in [0.29, 0.717) is 17.4 Å². The van der Waals surface area contributed by atoms with Crippen LogP contribution in [0, 0.1) is 23.1 Å². The predicted octanol–water partition coefficient (Wildman–Crippen LogP) is 3.81. The number of nitriles is 1. The molecule has 0 radical (unpaired) electrons. The Morgan fingerprint density at radius 2 is 2.17 bits per heavy atom. The minimum absolute atomic E-state index is 0.162. The highest BCUT2D eigenvalue weighted by Crippen LogP contribution is 2.18. The average molecular weight is 348 g/mol. The molecule has 1 aromatic heterocycles. The number of ether oxygens (including phenoxy) is 1. The largest absolute Gasteiger partial charge is 0.474 e. The number of aromatic nitrogens is 1. The van der Waals surface area contributed by atoms with Crippen molar-refractivity contribution in [2.24, 2.45) is 5.92 Å². The molecule has 2 atom stereocenters. The lowest BCUT2D eigenvalue weighted by Crippen LogP contribution is -2.25. The molecule has 1 saturated heterocycles. The second kappa shape index (κ2) is 9.21. The predicted molar refractivity (Wildman–Crippen MR) is 91.4 cm³/mol. The topological polar surface area (TPSA) is 57.9 Å². The Kier molecular flexibility index (Phi) is 6.98. The fourth-order valence-electron chi connectivity index (χ4n) is 2.32. The molecule has 1 aliphatic heterocycles. The second-order valence-electron chi connectivity index (χ2n) is 5.49. The van der Waals surface area contributed by atoms with Crippen LogP contribution in [0.2, 0.25) is 5.02 Å². The number of pyridine rings is 1. The van der Waals surface area contributed by atoms with Crippen LogP contribution >= 0.6 is 11.6 Å². The summed E-state index contributed by atoms with van der Waals surface area (Å²) in [5.74, 6) is 0.782. The fraction of sp³-hybridized carbons (Fsp3) is 0.333. The van der Waals surface area contributed by atoms with Crippen LogP contribution in [-0.2, 0) is 0 Å². The lowest BCUT2D eigenvalue weighted by molar-refractivity contribution is 0.154. The summed E-state index contributed by atoms with van der Waals surface area (Å²) in [4.78, 5) is 4.10. The fourth-order valence-corrected chi connectivity index (χ4v) is 2.46. The summed E-state index contributed by atoms with van der Waals surface area (Å²) in [7, 11) is 0. The third kappa shape index (κ3) is 5.48. The molecule has 1 aliphatic rings. The van der Waals surface area contributed by atoms with Crippen molar-refractivity contribution in [2.75, 3.05) is 13.1 Å². The van der Waals surface area contributed by atoms with E-state index < -0.39 is 0 Å². The quantitative estimate of drug-likeness (QED) is 0.917. The smallest absolute Gasteiger partial charge is 0.213 e. The van der Waals surface area contributed by atoms with Gasteiger partial charge >= 0.3 is 0 Å². The van der Waals surface area contributed by atoms with E-state index in [9.17, 15) is 4.39 Å². The number of benzene rings is 1. The van der Waals surface area contributed by atoms with Crippen LogP contribution in [0.4, 0.5) is 4.39 Å². The molecular weight excluding hydrogens is 329 g/mol. The van der Waals surface area contributed by atoms with Gasteiger partial charge in [-0.2, -0.15) is 5.26 Å². The van der Waals surface area contributed by atoms with Gasteiger partial charge in [0, 0.05) is 24.7 Å². The van der Waals surface area contributed by atoms with Crippen molar-refractivity contribution in [1.29, 1.82) is 5.26 Å². The zero-order valence-corrected chi connectivity index (χ0v) is 14.1. The Morgan fingerprint density at radius 3 is 2.67 bits per heavy atom. The average Bonchev–Trinajstić information content (AvgIpc) is 3.14. The molecule has 0 bridgehead atoms. The second-order valence-corrected chi connectivity index (χ2v) is 5.89. The van der Waals surface area contributed by atoms with Crippen LogP contribution in [0.25, 0.3) is 0 Å². The van der Waals surface area contributed by atoms with E-state index in [-0.39, 0.29) is 16.9 Å². The van der Waals surface area contributed by atoms with Crippen LogP contribution in [-0.4, -0.2) is 24.2 Å². The summed E-state index contributed by atoms with van der Waals surface area (Å²) in [6, 6.07) is 11.6. The Bertz CT molecular complexity index is 660. The molecule has 0 spiro atoms. The molecule has 2 heterocycles. The van der Waals surface area contributed by atoms with Gasteiger partial charge in [-0.1, -0.05) is 23.7 Å². The van der Waals surface area contributed by atoms with Crippen molar-refractivity contribution < 1.29 is 9.13 Å². The molecule has 1 aromatic carbocycles. The third-order valence-corrected chi connectivity index (χ3v) is 4.07. The number of halogens is 2. The molecule has 0 saturated carbocycles. The number of nitrogens with one attached hydrogen (secondary N) is 1. The number of rotatable bonds is 3. The van der Waals surface area contributed by atoms with E-state index in [2.05, 4.69) is 17.2 Å². The minimum Gasteiger partial charge on any atom is -0.474 e. The SMILES string of the molecule is C[C@H](Oc1ccc(C#N)cn1)C1CCNC1.Fc1ccccc1Cl. The maximum atomic E-state index is 12.2. The summed E-state index contributed by atoms with van der Waals surface area (Å²) in [5.41, 5.74) is 0.558. The molecule has 3 rings (SSSR count). The normalized spacial score (nSPS) is 17.3. The van der Waals surface area contributed by atoms with Gasteiger partial charge in [-0.15, -0.1) is 0 Å². The van der Waals surface area contributed by atoms with Crippen molar-refractivity contribution in [3.05, 3.63) is 59.0 Å². The van der Waals surface area contributed by atoms with Gasteiger partial charge in [-0.25, -0.2) is 9.37 Å². The highest BCUT2D eigenvalue weighted by Gasteiger charge is 2.22. The Labute approximate surface area is 146 Å². The number of hydrogen-bond donors (Lipinski definition) is 1. The Balaban J connectivity index is 0.000000219. The van der Waals surface area contributed by atoms with Gasteiger partial charge < -0.3 is 10.1 Å². The zero-order valence-electron chi connectivity index (χ0n) is 13.4. The first-order valence-corrected chi connectivity index (χ1v) is 8.11. The van der Waals surface area contributed by atoms with Gasteiger partial charge in [-0.05, 0) is 38.1 Å². The molecule has 126 valence electrons. The standard InChI is InChI=1S/C12H15N3O.C6H4ClF/c1-9(11-4-5-14-8-11)16-12-3-2-10(6-13)7-15-12;7-5-3-1-2-4-6(5)8/h2-3,7,9,11,14H,4-5,8H2,1H3;1-4H/t9-,11?;/m0./s1. The van der Waals surface area contributed by atoms with Gasteiger partial charge in [0.05, 0.1) is 10.6 Å². The molecule has 0 amide bonds. The van der Waals surface area contributed by atoms with E-state index in [4.69, 9.17) is 21.6 Å². The lowest BCUT2D eigenvalue weighted by atomic mass is 10.0. The molecule has 0 aliphatic carbocycles. The molecule has 1 N–H and O–H groups in total. The van der Waals surface area contributed by atoms with Crippen molar-refractivity contribution >= 4 is 11.6 Å². The zero-order chi connectivity index (χ0) is 17.4. The first kappa shape index (κ1) is 18.2. The van der Waals surface area contributed by atoms with E-state index in [1.54, 1.807) is 24.3 Å². The van der Waals surface area contributed by atoms with Crippen molar-refractivity contribution in [1.82, 2.24) is 10.3 Å². The van der Waals surface area contributed by atoms with Crippen molar-refractivity contribution in [2.45, 2.75) is 19.4 Å². The lowest BCUT2D eigenvalue weighted by Gasteiger charge is -2.19. The van der Waals surface area contributed by atoms with E-state index >= 15 is 0 Å². The maximum Gasteiger partial charge on any atom is 0.213 e. The summed E-state index contributed by atoms with van der Waals surface area (Å²) in [5, 5.41) is 12.1. The third-order valence-electron chi connectivity index (χ3n) is 3.76. The van der Waals surface area contributed by atoms with Crippen molar-refractivity contribution in [3.63, 3.8) is 0 Å². The molecule has 24 heavy (non-hydrogen) atoms. The Morgan fingerprint density at radius 1 is 1.38 bits per heavy atom. The first-order valence-electron chi connectivity index (χ1n) is 7.73. The van der Waals surface area contributed by atoms with Crippen molar-refractivity contribution in [3.8, 4) is 11.9 Å². The molecule has 1 unspecified atom stereocenters. The highest BCUT2D eigenvalue weighted by molar-refractivity contribution is 6.30. The number of nitrogens with zero attached hydrogens (tertiary/aromatic N) is 2. The van der Waals surface area contributed by atoms with Gasteiger partial charge in [0.25, 0.3) is 0 Å². The summed E-state index contributed by atoms with van der Waals surface area (Å²) < 4.78 is 17.9. The molecule has 1 fully saturated rings. The first-order chi connectivity index (χ1) is 11.6. The molecule has 6 heteroatoms. The highest BCUT2D eigenvalue weighted by atomic mass is 35.5. The summed E-state index contributed by atoms with van der Waals surface area (Å²) >= 11 is 5.33. The monoisotopic (exact) mass is 347 g/mol. The molecule has 2 aromatic rings. The molecule has 4 nitrogen and oxygen atoms in total. The van der Waals surface area contributed by atoms with Crippen LogP contribution in [0.1, 0.15) is 18.9 Å². The van der Waals surface area contributed by atoms with E-state index in [0.717, 1.165) is 19.5 Å². The molecular formula is C18H19ClFN3O. The Hall–Kier alpha value is -2.16. The van der Waals surface area contributed by atoms with Gasteiger partial charge in [0.2, 0.25) is 5.88 Å². The van der Waals surface area contributed by atoms with Crippen LogP contribution in [0.15, 0.2) is 42.6 Å². The maximum absolute atomic E-state index is 12.2. The van der Waals surface area contributed by atoms with Gasteiger partial charge in [0.15, 0.2) is 0 Å². The van der Waals surface area contributed by atoms with E-state index in [1.165, 1.54) is 18.3 Å². The van der Waals surface area contributed by atoms with Gasteiger partial charge in [-0.3, -0.25) is 0 Å². The summed E-state index contributed by atoms with van der Waals surface area (Å²) in [6.45, 7) is 4.15. The summed E-state index contributed by atoms with van der Waals surface area (Å²) in [6.07, 6.45) is 2.85. The minimum atomic E-state index is -0.367. The van der Waals surface area contributed by atoms with E-state index in [1.807, 2.05) is 6.07 Å².